The zero-order valence-corrected chi connectivity index (χ0v) is 8.74. The number of rotatable bonds is 1. The van der Waals surface area contributed by atoms with Gasteiger partial charge in [0, 0.05) is 11.5 Å². The summed E-state index contributed by atoms with van der Waals surface area (Å²) in [7, 11) is 0. The summed E-state index contributed by atoms with van der Waals surface area (Å²) in [5.74, 6) is 0.478. The van der Waals surface area contributed by atoms with Crippen LogP contribution >= 0.6 is 0 Å². The van der Waals surface area contributed by atoms with E-state index in [0.717, 1.165) is 10.9 Å². The molecule has 0 aliphatic carbocycles. The molecule has 16 heavy (non-hydrogen) atoms. The highest BCUT2D eigenvalue weighted by Gasteiger charge is 2.08. The number of aromatic hydroxyl groups is 1. The third-order valence-electron chi connectivity index (χ3n) is 2.53. The fourth-order valence-corrected chi connectivity index (χ4v) is 1.76. The molecular weight excluding hydrogens is 202 g/mol. The highest BCUT2D eigenvalue weighted by atomic mass is 16.3. The molecule has 3 heteroatoms. The molecule has 2 aromatic rings. The van der Waals surface area contributed by atoms with Crippen LogP contribution in [0.4, 0.5) is 0 Å². The number of phenols is 1. The lowest BCUT2D eigenvalue weighted by atomic mass is 9.98. The monoisotopic (exact) mass is 219 g/mol. The highest BCUT2D eigenvalue weighted by molar-refractivity contribution is 5.87. The second kappa shape index (κ2) is 4.39. The molecule has 0 aliphatic heterocycles. The van der Waals surface area contributed by atoms with Crippen LogP contribution in [-0.4, -0.2) is 10.1 Å². The first-order valence-corrected chi connectivity index (χ1v) is 4.94. The lowest BCUT2D eigenvalue weighted by Crippen LogP contribution is -2.03. The standard InChI is InChI=1S/C12H13NO2.CH4/c1-7(2)8-3-5-10(14)12-9(8)4-6-11(15)13-12;/h3-7,14H,1-2H3,(H,13,15);1H4. The Morgan fingerprint density at radius 2 is 1.88 bits per heavy atom. The topological polar surface area (TPSA) is 53.1 Å². The van der Waals surface area contributed by atoms with E-state index in [-0.39, 0.29) is 18.7 Å². The molecule has 0 amide bonds. The largest absolute Gasteiger partial charge is 0.506 e. The Morgan fingerprint density at radius 3 is 2.50 bits per heavy atom. The van der Waals surface area contributed by atoms with Crippen molar-refractivity contribution in [1.29, 1.82) is 0 Å². The molecule has 0 spiro atoms. The van der Waals surface area contributed by atoms with E-state index in [0.29, 0.717) is 11.4 Å². The van der Waals surface area contributed by atoms with Crippen LogP contribution in [-0.2, 0) is 0 Å². The predicted molar refractivity (Wildman–Crippen MR) is 67.1 cm³/mol. The van der Waals surface area contributed by atoms with Crippen LogP contribution in [0.5, 0.6) is 5.75 Å². The number of phenolic OH excluding ortho intramolecular Hbond substituents is 1. The number of aromatic nitrogens is 1. The summed E-state index contributed by atoms with van der Waals surface area (Å²) < 4.78 is 0. The third kappa shape index (κ3) is 1.94. The van der Waals surface area contributed by atoms with Gasteiger partial charge in [0.05, 0.1) is 5.52 Å². The van der Waals surface area contributed by atoms with E-state index >= 15 is 0 Å². The lowest BCUT2D eigenvalue weighted by Gasteiger charge is -2.10. The maximum Gasteiger partial charge on any atom is 0.248 e. The Labute approximate surface area is 94.8 Å². The number of nitrogens with one attached hydrogen (secondary N) is 1. The van der Waals surface area contributed by atoms with Gasteiger partial charge in [-0.2, -0.15) is 0 Å². The van der Waals surface area contributed by atoms with Crippen molar-refractivity contribution in [3.8, 4) is 5.75 Å². The van der Waals surface area contributed by atoms with Crippen LogP contribution in [0.1, 0.15) is 32.8 Å². The molecule has 1 aromatic carbocycles. The molecule has 3 nitrogen and oxygen atoms in total. The first-order valence-electron chi connectivity index (χ1n) is 4.94. The molecule has 0 bridgehead atoms. The molecule has 86 valence electrons. The Hall–Kier alpha value is -1.77. The van der Waals surface area contributed by atoms with Gasteiger partial charge in [-0.25, -0.2) is 0 Å². The van der Waals surface area contributed by atoms with Gasteiger partial charge in [-0.1, -0.05) is 27.3 Å². The van der Waals surface area contributed by atoms with Crippen LogP contribution in [0.2, 0.25) is 0 Å². The molecule has 2 rings (SSSR count). The van der Waals surface area contributed by atoms with E-state index < -0.39 is 0 Å². The Balaban J connectivity index is 0.00000128. The summed E-state index contributed by atoms with van der Waals surface area (Å²) in [5.41, 5.74) is 1.45. The number of benzene rings is 1. The van der Waals surface area contributed by atoms with Crippen molar-refractivity contribution in [2.24, 2.45) is 0 Å². The summed E-state index contributed by atoms with van der Waals surface area (Å²) in [6.45, 7) is 4.16. The van der Waals surface area contributed by atoms with Gasteiger partial charge in [0.1, 0.15) is 5.75 Å². The zero-order chi connectivity index (χ0) is 11.0. The van der Waals surface area contributed by atoms with Gasteiger partial charge < -0.3 is 10.1 Å². The van der Waals surface area contributed by atoms with Gasteiger partial charge in [0.2, 0.25) is 5.56 Å². The van der Waals surface area contributed by atoms with Crippen molar-refractivity contribution in [3.05, 3.63) is 40.2 Å². The smallest absolute Gasteiger partial charge is 0.248 e. The van der Waals surface area contributed by atoms with Crippen molar-refractivity contribution in [2.75, 3.05) is 0 Å². The average Bonchev–Trinajstić information content (AvgIpc) is 2.19. The summed E-state index contributed by atoms with van der Waals surface area (Å²) in [4.78, 5) is 13.8. The molecule has 0 unspecified atom stereocenters. The fraction of sp³-hybridized carbons (Fsp3) is 0.308. The Morgan fingerprint density at radius 1 is 1.19 bits per heavy atom. The number of aromatic amines is 1. The molecule has 1 heterocycles. The van der Waals surface area contributed by atoms with Crippen LogP contribution in [0.3, 0.4) is 0 Å². The number of hydrogen-bond donors (Lipinski definition) is 2. The van der Waals surface area contributed by atoms with Crippen molar-refractivity contribution in [2.45, 2.75) is 27.2 Å². The van der Waals surface area contributed by atoms with E-state index in [4.69, 9.17) is 0 Å². The summed E-state index contributed by atoms with van der Waals surface area (Å²) in [6.07, 6.45) is 0. The van der Waals surface area contributed by atoms with Crippen molar-refractivity contribution in [1.82, 2.24) is 4.98 Å². The molecule has 0 aliphatic rings. The van der Waals surface area contributed by atoms with Crippen molar-refractivity contribution in [3.63, 3.8) is 0 Å². The highest BCUT2D eigenvalue weighted by Crippen LogP contribution is 2.28. The van der Waals surface area contributed by atoms with Crippen molar-refractivity contribution >= 4 is 10.9 Å². The molecule has 0 saturated carbocycles. The van der Waals surface area contributed by atoms with Gasteiger partial charge in [-0.3, -0.25) is 4.79 Å². The van der Waals surface area contributed by atoms with Crippen LogP contribution < -0.4 is 5.56 Å². The van der Waals surface area contributed by atoms with E-state index in [1.807, 2.05) is 6.07 Å². The van der Waals surface area contributed by atoms with Gasteiger partial charge >= 0.3 is 0 Å². The molecule has 0 radical (unpaired) electrons. The van der Waals surface area contributed by atoms with Gasteiger partial charge in [0.25, 0.3) is 0 Å². The average molecular weight is 219 g/mol. The molecule has 0 atom stereocenters. The van der Waals surface area contributed by atoms with E-state index in [1.165, 1.54) is 6.07 Å². The Bertz CT molecular complexity index is 555. The van der Waals surface area contributed by atoms with Gasteiger partial charge in [-0.05, 0) is 23.6 Å². The first-order chi connectivity index (χ1) is 7.09. The van der Waals surface area contributed by atoms with Crippen LogP contribution in [0.15, 0.2) is 29.1 Å². The minimum Gasteiger partial charge on any atom is -0.506 e. The third-order valence-corrected chi connectivity index (χ3v) is 2.53. The van der Waals surface area contributed by atoms with E-state index in [1.54, 1.807) is 12.1 Å². The number of pyridine rings is 1. The maximum atomic E-state index is 11.2. The second-order valence-electron chi connectivity index (χ2n) is 3.94. The van der Waals surface area contributed by atoms with Crippen molar-refractivity contribution < 1.29 is 5.11 Å². The predicted octanol–water partition coefficient (Wildman–Crippen LogP) is 2.99. The molecular formula is C13H17NO2. The zero-order valence-electron chi connectivity index (χ0n) is 8.74. The Kier molecular flexibility index (Phi) is 3.38. The SMILES string of the molecule is C.CC(C)c1ccc(O)c2[nH]c(=O)ccc12. The normalized spacial score (nSPS) is 10.4. The fourth-order valence-electron chi connectivity index (χ4n) is 1.76. The minimum absolute atomic E-state index is 0. The number of hydrogen-bond acceptors (Lipinski definition) is 2. The van der Waals surface area contributed by atoms with Gasteiger partial charge in [-0.15, -0.1) is 0 Å². The van der Waals surface area contributed by atoms with E-state index in [9.17, 15) is 9.90 Å². The number of H-pyrrole nitrogens is 1. The first kappa shape index (κ1) is 12.3. The van der Waals surface area contributed by atoms with Crippen LogP contribution in [0, 0.1) is 0 Å². The van der Waals surface area contributed by atoms with Crippen LogP contribution in [0.25, 0.3) is 10.9 Å². The van der Waals surface area contributed by atoms with E-state index in [2.05, 4.69) is 18.8 Å². The summed E-state index contributed by atoms with van der Waals surface area (Å²) in [6, 6.07) is 6.74. The molecule has 0 fully saturated rings. The maximum absolute atomic E-state index is 11.2. The lowest BCUT2D eigenvalue weighted by molar-refractivity contribution is 0.480. The summed E-state index contributed by atoms with van der Waals surface area (Å²) >= 11 is 0. The number of fused-ring (bicyclic) bond motifs is 1. The molecule has 1 aromatic heterocycles. The second-order valence-corrected chi connectivity index (χ2v) is 3.94. The van der Waals surface area contributed by atoms with Gasteiger partial charge in [0.15, 0.2) is 0 Å². The summed E-state index contributed by atoms with van der Waals surface area (Å²) in [5, 5.41) is 10.5. The quantitative estimate of drug-likeness (QED) is 0.774. The molecule has 0 saturated heterocycles. The minimum atomic E-state index is -0.196. The molecule has 2 N–H and O–H groups in total.